The molecule has 1 aromatic heterocycles. The number of hydrogen-bond donors (Lipinski definition) is 2. The molecule has 0 saturated heterocycles. The van der Waals surface area contributed by atoms with E-state index in [9.17, 15) is 9.18 Å². The van der Waals surface area contributed by atoms with Crippen molar-refractivity contribution in [1.29, 1.82) is 0 Å². The van der Waals surface area contributed by atoms with Crippen molar-refractivity contribution in [3.8, 4) is 0 Å². The van der Waals surface area contributed by atoms with Gasteiger partial charge >= 0.3 is 0 Å². The molecule has 0 aliphatic carbocycles. The summed E-state index contributed by atoms with van der Waals surface area (Å²) in [5.74, 6) is -0.0216. The molecule has 3 rings (SSSR count). The molecule has 0 radical (unpaired) electrons. The lowest BCUT2D eigenvalue weighted by atomic mass is 10.1. The van der Waals surface area contributed by atoms with Crippen LogP contribution in [0.15, 0.2) is 60.9 Å². The number of carbonyl (C=O) groups excluding carboxylic acids is 1. The number of benzene rings is 2. The molecule has 1 heterocycles. The third-order valence-corrected chi connectivity index (χ3v) is 4.15. The summed E-state index contributed by atoms with van der Waals surface area (Å²) in [6, 6.07) is 15.3. The highest BCUT2D eigenvalue weighted by Gasteiger charge is 2.08. The van der Waals surface area contributed by atoms with Gasteiger partial charge in [-0.1, -0.05) is 35.9 Å². The quantitative estimate of drug-likeness (QED) is 0.649. The Morgan fingerprint density at radius 2 is 1.70 bits per heavy atom. The number of carbonyl (C=O) groups is 1. The smallest absolute Gasteiger partial charge is 0.270 e. The second kappa shape index (κ2) is 9.09. The van der Waals surface area contributed by atoms with Crippen LogP contribution in [0.1, 0.15) is 21.6 Å². The van der Waals surface area contributed by atoms with E-state index in [4.69, 9.17) is 11.6 Å². The molecule has 0 unspecified atom stereocenters. The maximum absolute atomic E-state index is 12.9. The molecule has 0 aliphatic rings. The van der Waals surface area contributed by atoms with Crippen LogP contribution in [0.5, 0.6) is 0 Å². The first-order chi connectivity index (χ1) is 13.1. The Hall–Kier alpha value is -2.99. The number of anilines is 1. The standard InChI is InChI=1S/C20H18ClFN4O/c21-16-5-1-14(2-6-16)9-10-23-20(27)18-11-19(26-13-25-18)24-12-15-3-7-17(22)8-4-15/h1-8,11,13H,9-10,12H2,(H,23,27)(H,24,25,26). The van der Waals surface area contributed by atoms with E-state index in [1.807, 2.05) is 24.3 Å². The van der Waals surface area contributed by atoms with Crippen molar-refractivity contribution in [2.24, 2.45) is 0 Å². The maximum Gasteiger partial charge on any atom is 0.270 e. The Balaban J connectivity index is 1.51. The van der Waals surface area contributed by atoms with Gasteiger partial charge in [0, 0.05) is 24.2 Å². The molecule has 3 aromatic rings. The summed E-state index contributed by atoms with van der Waals surface area (Å²) in [6.07, 6.45) is 2.03. The first-order valence-corrected chi connectivity index (χ1v) is 8.81. The van der Waals surface area contributed by atoms with Crippen LogP contribution in [0, 0.1) is 5.82 Å². The van der Waals surface area contributed by atoms with Crippen LogP contribution in [0.25, 0.3) is 0 Å². The van der Waals surface area contributed by atoms with Gasteiger partial charge in [-0.25, -0.2) is 14.4 Å². The molecule has 5 nitrogen and oxygen atoms in total. The average molecular weight is 385 g/mol. The summed E-state index contributed by atoms with van der Waals surface area (Å²) in [4.78, 5) is 20.4. The minimum Gasteiger partial charge on any atom is -0.366 e. The number of hydrogen-bond acceptors (Lipinski definition) is 4. The number of nitrogens with one attached hydrogen (secondary N) is 2. The van der Waals surface area contributed by atoms with Crippen molar-refractivity contribution < 1.29 is 9.18 Å². The van der Waals surface area contributed by atoms with Gasteiger partial charge in [0.25, 0.3) is 5.91 Å². The van der Waals surface area contributed by atoms with E-state index in [0.717, 1.165) is 11.1 Å². The minimum absolute atomic E-state index is 0.267. The molecular weight excluding hydrogens is 367 g/mol. The molecule has 0 fully saturated rings. The zero-order valence-corrected chi connectivity index (χ0v) is 15.2. The van der Waals surface area contributed by atoms with Crippen molar-refractivity contribution in [1.82, 2.24) is 15.3 Å². The summed E-state index contributed by atoms with van der Waals surface area (Å²) in [5.41, 5.74) is 2.27. The van der Waals surface area contributed by atoms with E-state index in [1.165, 1.54) is 18.5 Å². The van der Waals surface area contributed by atoms with Crippen molar-refractivity contribution in [2.75, 3.05) is 11.9 Å². The summed E-state index contributed by atoms with van der Waals surface area (Å²) in [7, 11) is 0. The van der Waals surface area contributed by atoms with Crippen LogP contribution >= 0.6 is 11.6 Å². The number of halogens is 2. The van der Waals surface area contributed by atoms with Crippen LogP contribution in [0.3, 0.4) is 0 Å². The van der Waals surface area contributed by atoms with Gasteiger partial charge in [0.05, 0.1) is 0 Å². The maximum atomic E-state index is 12.9. The van der Waals surface area contributed by atoms with Crippen LogP contribution in [-0.2, 0) is 13.0 Å². The van der Waals surface area contributed by atoms with E-state index in [1.54, 1.807) is 18.2 Å². The predicted molar refractivity (Wildman–Crippen MR) is 103 cm³/mol. The molecule has 27 heavy (non-hydrogen) atoms. The highest BCUT2D eigenvalue weighted by atomic mass is 35.5. The normalized spacial score (nSPS) is 10.4. The highest BCUT2D eigenvalue weighted by molar-refractivity contribution is 6.30. The second-order valence-corrected chi connectivity index (χ2v) is 6.34. The molecule has 2 N–H and O–H groups in total. The van der Waals surface area contributed by atoms with Gasteiger partial charge in [-0.2, -0.15) is 0 Å². The monoisotopic (exact) mass is 384 g/mol. The van der Waals surface area contributed by atoms with Crippen molar-refractivity contribution in [2.45, 2.75) is 13.0 Å². The predicted octanol–water partition coefficient (Wildman–Crippen LogP) is 3.85. The molecule has 0 atom stereocenters. The molecule has 138 valence electrons. The van der Waals surface area contributed by atoms with E-state index in [2.05, 4.69) is 20.6 Å². The lowest BCUT2D eigenvalue weighted by molar-refractivity contribution is 0.0949. The summed E-state index contributed by atoms with van der Waals surface area (Å²) < 4.78 is 12.9. The minimum atomic E-state index is -0.279. The fourth-order valence-electron chi connectivity index (χ4n) is 2.44. The fraction of sp³-hybridized carbons (Fsp3) is 0.150. The third kappa shape index (κ3) is 5.76. The molecule has 0 spiro atoms. The first kappa shape index (κ1) is 18.8. The van der Waals surface area contributed by atoms with Gasteiger partial charge in [-0.15, -0.1) is 0 Å². The van der Waals surface area contributed by atoms with Crippen LogP contribution < -0.4 is 10.6 Å². The van der Waals surface area contributed by atoms with Gasteiger partial charge in [0.1, 0.15) is 23.7 Å². The Morgan fingerprint density at radius 3 is 2.44 bits per heavy atom. The molecule has 0 aliphatic heterocycles. The van der Waals surface area contributed by atoms with Crippen molar-refractivity contribution >= 4 is 23.3 Å². The first-order valence-electron chi connectivity index (χ1n) is 8.43. The zero-order valence-electron chi connectivity index (χ0n) is 14.5. The van der Waals surface area contributed by atoms with Gasteiger partial charge in [0.2, 0.25) is 0 Å². The average Bonchev–Trinajstić information content (AvgIpc) is 2.69. The Labute approximate surface area is 161 Å². The SMILES string of the molecule is O=C(NCCc1ccc(Cl)cc1)c1cc(NCc2ccc(F)cc2)ncn1. The summed E-state index contributed by atoms with van der Waals surface area (Å²) >= 11 is 5.86. The lowest BCUT2D eigenvalue weighted by Crippen LogP contribution is -2.26. The van der Waals surface area contributed by atoms with E-state index in [0.29, 0.717) is 30.4 Å². The largest absolute Gasteiger partial charge is 0.366 e. The summed E-state index contributed by atoms with van der Waals surface area (Å²) in [5, 5.41) is 6.62. The van der Waals surface area contributed by atoms with E-state index >= 15 is 0 Å². The lowest BCUT2D eigenvalue weighted by Gasteiger charge is -2.08. The number of aromatic nitrogens is 2. The molecular formula is C20H18ClFN4O. The zero-order chi connectivity index (χ0) is 19.1. The summed E-state index contributed by atoms with van der Waals surface area (Å²) in [6.45, 7) is 0.956. The fourth-order valence-corrected chi connectivity index (χ4v) is 2.56. The number of nitrogens with zero attached hydrogens (tertiary/aromatic N) is 2. The molecule has 0 saturated carbocycles. The van der Waals surface area contributed by atoms with Gasteiger partial charge in [-0.05, 0) is 41.8 Å². The van der Waals surface area contributed by atoms with Crippen molar-refractivity contribution in [3.63, 3.8) is 0 Å². The van der Waals surface area contributed by atoms with E-state index in [-0.39, 0.29) is 17.4 Å². The van der Waals surface area contributed by atoms with Gasteiger partial charge in [-0.3, -0.25) is 4.79 Å². The number of amides is 1. The van der Waals surface area contributed by atoms with Crippen molar-refractivity contribution in [3.05, 3.63) is 88.6 Å². The highest BCUT2D eigenvalue weighted by Crippen LogP contribution is 2.10. The molecule has 1 amide bonds. The van der Waals surface area contributed by atoms with Crippen LogP contribution in [0.2, 0.25) is 5.02 Å². The van der Waals surface area contributed by atoms with Crippen LogP contribution in [-0.4, -0.2) is 22.4 Å². The van der Waals surface area contributed by atoms with Gasteiger partial charge < -0.3 is 10.6 Å². The Bertz CT molecular complexity index is 901. The Kier molecular flexibility index (Phi) is 6.33. The molecule has 0 bridgehead atoms. The molecule has 7 heteroatoms. The topological polar surface area (TPSA) is 66.9 Å². The third-order valence-electron chi connectivity index (χ3n) is 3.90. The van der Waals surface area contributed by atoms with Crippen LogP contribution in [0.4, 0.5) is 10.2 Å². The second-order valence-electron chi connectivity index (χ2n) is 5.90. The van der Waals surface area contributed by atoms with E-state index < -0.39 is 0 Å². The van der Waals surface area contributed by atoms with Gasteiger partial charge in [0.15, 0.2) is 0 Å². The number of rotatable bonds is 7. The molecule has 2 aromatic carbocycles. The Morgan fingerprint density at radius 1 is 1.00 bits per heavy atom.